The first-order valence-corrected chi connectivity index (χ1v) is 11.8. The van der Waals surface area contributed by atoms with Gasteiger partial charge in [-0.05, 0) is 29.7 Å². The van der Waals surface area contributed by atoms with Crippen LogP contribution >= 0.6 is 0 Å². The van der Waals surface area contributed by atoms with E-state index in [4.69, 9.17) is 4.98 Å². The summed E-state index contributed by atoms with van der Waals surface area (Å²) < 4.78 is 4.47. The van der Waals surface area contributed by atoms with Crippen LogP contribution in [0.15, 0.2) is 64.2 Å². The third kappa shape index (κ3) is 4.39. The highest BCUT2D eigenvalue weighted by Crippen LogP contribution is 2.23. The zero-order valence-corrected chi connectivity index (χ0v) is 20.2. The molecule has 1 atom stereocenters. The lowest BCUT2D eigenvalue weighted by molar-refractivity contribution is 0.0291. The number of imidazole rings is 1. The third-order valence-electron chi connectivity index (χ3n) is 6.70. The summed E-state index contributed by atoms with van der Waals surface area (Å²) in [5.74, 6) is 0.658. The van der Waals surface area contributed by atoms with E-state index in [1.54, 1.807) is 19.2 Å². The van der Waals surface area contributed by atoms with Crippen molar-refractivity contribution in [3.8, 4) is 0 Å². The van der Waals surface area contributed by atoms with Gasteiger partial charge in [-0.25, -0.2) is 4.79 Å². The average molecular weight is 492 g/mol. The first-order valence-electron chi connectivity index (χ1n) is 11.8. The molecule has 0 spiro atoms. The SMILES string of the molecule is Cn1c(=O)c2c(nc(N3CCN[C@H](Cc4ccc(N(O)O)cc4)C3)n2Cc2ccccc2)n(C)c1=O. The smallest absolute Gasteiger partial charge is 0.332 e. The molecule has 36 heavy (non-hydrogen) atoms. The van der Waals surface area contributed by atoms with Crippen molar-refractivity contribution in [3.63, 3.8) is 0 Å². The molecule has 0 radical (unpaired) electrons. The van der Waals surface area contributed by atoms with Gasteiger partial charge in [-0.2, -0.15) is 4.98 Å². The molecule has 1 aliphatic heterocycles. The van der Waals surface area contributed by atoms with E-state index in [1.807, 2.05) is 47.0 Å². The zero-order chi connectivity index (χ0) is 25.4. The van der Waals surface area contributed by atoms with Gasteiger partial charge in [0.25, 0.3) is 5.56 Å². The maximum absolute atomic E-state index is 13.2. The lowest BCUT2D eigenvalue weighted by Crippen LogP contribution is -2.52. The van der Waals surface area contributed by atoms with Gasteiger partial charge in [0.15, 0.2) is 11.2 Å². The number of hydrogen-bond donors (Lipinski definition) is 3. The van der Waals surface area contributed by atoms with Gasteiger partial charge in [-0.3, -0.25) is 28.9 Å². The number of fused-ring (bicyclic) bond motifs is 1. The van der Waals surface area contributed by atoms with Crippen molar-refractivity contribution in [3.05, 3.63) is 86.6 Å². The van der Waals surface area contributed by atoms with Crippen molar-refractivity contribution in [2.75, 3.05) is 29.8 Å². The third-order valence-corrected chi connectivity index (χ3v) is 6.70. The molecule has 3 N–H and O–H groups in total. The van der Waals surface area contributed by atoms with E-state index < -0.39 is 5.69 Å². The predicted octanol–water partition coefficient (Wildman–Crippen LogP) is 1.09. The minimum absolute atomic E-state index is 0.0964. The van der Waals surface area contributed by atoms with Crippen LogP contribution in [-0.4, -0.2) is 54.8 Å². The molecule has 0 saturated carbocycles. The van der Waals surface area contributed by atoms with Crippen molar-refractivity contribution in [2.24, 2.45) is 14.1 Å². The van der Waals surface area contributed by atoms with Gasteiger partial charge in [-0.1, -0.05) is 42.5 Å². The number of nitrogens with one attached hydrogen (secondary N) is 1. The minimum Gasteiger partial charge on any atom is -0.339 e. The number of aromatic nitrogens is 4. The van der Waals surface area contributed by atoms with Crippen LogP contribution in [0.4, 0.5) is 11.6 Å². The van der Waals surface area contributed by atoms with Crippen LogP contribution in [0.5, 0.6) is 0 Å². The lowest BCUT2D eigenvalue weighted by Gasteiger charge is -2.34. The molecule has 0 unspecified atom stereocenters. The topological polar surface area (TPSA) is 121 Å². The van der Waals surface area contributed by atoms with Crippen LogP contribution < -0.4 is 26.7 Å². The van der Waals surface area contributed by atoms with Crippen molar-refractivity contribution >= 4 is 22.8 Å². The molecule has 0 bridgehead atoms. The van der Waals surface area contributed by atoms with E-state index in [9.17, 15) is 20.0 Å². The summed E-state index contributed by atoms with van der Waals surface area (Å²) in [7, 11) is 3.13. The lowest BCUT2D eigenvalue weighted by atomic mass is 10.0. The molecule has 11 nitrogen and oxygen atoms in total. The predicted molar refractivity (Wildman–Crippen MR) is 136 cm³/mol. The molecule has 4 aromatic rings. The normalized spacial score (nSPS) is 16.0. The summed E-state index contributed by atoms with van der Waals surface area (Å²) in [5.41, 5.74) is 2.38. The number of rotatable bonds is 6. The number of nitrogens with zero attached hydrogens (tertiary/aromatic N) is 6. The fourth-order valence-electron chi connectivity index (χ4n) is 4.79. The van der Waals surface area contributed by atoms with Gasteiger partial charge in [0.05, 0.1) is 12.2 Å². The summed E-state index contributed by atoms with van der Waals surface area (Å²) in [6, 6.07) is 17.0. The number of piperazine rings is 1. The molecule has 2 aromatic heterocycles. The quantitative estimate of drug-likeness (QED) is 0.343. The molecule has 1 aliphatic rings. The number of aryl methyl sites for hydroxylation is 1. The molecule has 3 heterocycles. The molecule has 11 heteroatoms. The van der Waals surface area contributed by atoms with Crippen LogP contribution in [0.25, 0.3) is 11.2 Å². The number of hydrogen-bond acceptors (Lipinski definition) is 8. The summed E-state index contributed by atoms with van der Waals surface area (Å²) >= 11 is 0. The monoisotopic (exact) mass is 491 g/mol. The van der Waals surface area contributed by atoms with Gasteiger partial charge in [0.2, 0.25) is 5.95 Å². The minimum atomic E-state index is -0.408. The Hall–Kier alpha value is -3.93. The van der Waals surface area contributed by atoms with Crippen LogP contribution in [0.1, 0.15) is 11.1 Å². The Morgan fingerprint density at radius 1 is 1.00 bits per heavy atom. The summed E-state index contributed by atoms with van der Waals surface area (Å²) in [4.78, 5) is 32.8. The molecule has 0 aliphatic carbocycles. The Morgan fingerprint density at radius 2 is 1.72 bits per heavy atom. The molecule has 5 rings (SSSR count). The van der Waals surface area contributed by atoms with Crippen LogP contribution in [0.2, 0.25) is 0 Å². The van der Waals surface area contributed by atoms with Crippen molar-refractivity contribution < 1.29 is 10.4 Å². The van der Waals surface area contributed by atoms with E-state index in [1.165, 1.54) is 11.6 Å². The Balaban J connectivity index is 1.51. The second-order valence-corrected chi connectivity index (χ2v) is 9.12. The second kappa shape index (κ2) is 9.61. The van der Waals surface area contributed by atoms with Gasteiger partial charge in [-0.15, -0.1) is 5.23 Å². The van der Waals surface area contributed by atoms with Gasteiger partial charge >= 0.3 is 5.69 Å². The fraction of sp³-hybridized carbons (Fsp3) is 0.320. The Morgan fingerprint density at radius 3 is 2.42 bits per heavy atom. The standard InChI is InChI=1S/C25H29N7O4/c1-28-22-21(23(33)29(2)25(28)34)31(15-18-6-4-3-5-7-18)24(27-22)30-13-12-26-19(16-30)14-17-8-10-20(11-9-17)32(35)36/h3-11,19,26,35-36H,12-16H2,1-2H3/t19-/m1/s1. The van der Waals surface area contributed by atoms with E-state index >= 15 is 0 Å². The van der Waals surface area contributed by atoms with E-state index in [0.29, 0.717) is 42.4 Å². The van der Waals surface area contributed by atoms with Crippen molar-refractivity contribution in [1.82, 2.24) is 24.0 Å². The molecule has 188 valence electrons. The second-order valence-electron chi connectivity index (χ2n) is 9.12. The Labute approximate surface area is 207 Å². The first-order chi connectivity index (χ1) is 17.3. The zero-order valence-electron chi connectivity index (χ0n) is 20.2. The Bertz CT molecular complexity index is 1490. The first kappa shape index (κ1) is 23.8. The molecular formula is C25H29N7O4. The molecule has 0 amide bonds. The molecule has 1 saturated heterocycles. The maximum atomic E-state index is 13.2. The number of benzene rings is 2. The van der Waals surface area contributed by atoms with Crippen molar-refractivity contribution in [1.29, 1.82) is 0 Å². The highest BCUT2D eigenvalue weighted by molar-refractivity contribution is 5.75. The van der Waals surface area contributed by atoms with Gasteiger partial charge in [0.1, 0.15) is 0 Å². The fourth-order valence-corrected chi connectivity index (χ4v) is 4.79. The van der Waals surface area contributed by atoms with Crippen molar-refractivity contribution in [2.45, 2.75) is 19.0 Å². The largest absolute Gasteiger partial charge is 0.339 e. The molecule has 1 fully saturated rings. The molecule has 2 aromatic carbocycles. The molecular weight excluding hydrogens is 462 g/mol. The van der Waals surface area contributed by atoms with Gasteiger partial charge < -0.3 is 10.2 Å². The van der Waals surface area contributed by atoms with Crippen LogP contribution in [0, 0.1) is 0 Å². The van der Waals surface area contributed by atoms with E-state index in [0.717, 1.165) is 28.7 Å². The van der Waals surface area contributed by atoms with E-state index in [-0.39, 0.29) is 16.8 Å². The van der Waals surface area contributed by atoms with Crippen LogP contribution in [-0.2, 0) is 27.1 Å². The highest BCUT2D eigenvalue weighted by atomic mass is 16.8. The van der Waals surface area contributed by atoms with Gasteiger partial charge in [0, 0.05) is 39.8 Å². The summed E-state index contributed by atoms with van der Waals surface area (Å²) in [5, 5.41) is 22.0. The Kier molecular flexibility index (Phi) is 6.35. The van der Waals surface area contributed by atoms with E-state index in [2.05, 4.69) is 10.2 Å². The highest BCUT2D eigenvalue weighted by Gasteiger charge is 2.27. The van der Waals surface area contributed by atoms with Crippen LogP contribution in [0.3, 0.4) is 0 Å². The maximum Gasteiger partial charge on any atom is 0.332 e. The average Bonchev–Trinajstić information content (AvgIpc) is 3.26. The summed E-state index contributed by atoms with van der Waals surface area (Å²) in [6.45, 7) is 2.54. The number of anilines is 2. The summed E-state index contributed by atoms with van der Waals surface area (Å²) in [6.07, 6.45) is 0.729.